The van der Waals surface area contributed by atoms with Crippen molar-refractivity contribution >= 4 is 11.6 Å². The predicted molar refractivity (Wildman–Crippen MR) is 55.6 cm³/mol. The lowest BCUT2D eigenvalue weighted by Gasteiger charge is -2.07. The van der Waals surface area contributed by atoms with Gasteiger partial charge in [0, 0.05) is 5.56 Å². The van der Waals surface area contributed by atoms with Gasteiger partial charge in [-0.25, -0.2) is 10.2 Å². The number of hydrogen-bond donors (Lipinski definition) is 2. The Morgan fingerprint density at radius 2 is 2.29 bits per heavy atom. The molecule has 1 aromatic rings. The first-order valence-corrected chi connectivity index (χ1v) is 4.52. The summed E-state index contributed by atoms with van der Waals surface area (Å²) in [6, 6.07) is 1.89. The molecule has 1 aromatic carbocycles. The highest BCUT2D eigenvalue weighted by Crippen LogP contribution is 2.26. The number of hydrogen-bond acceptors (Lipinski definition) is 5. The van der Waals surface area contributed by atoms with Gasteiger partial charge in [-0.1, -0.05) is 0 Å². The van der Waals surface area contributed by atoms with Gasteiger partial charge < -0.3 is 4.74 Å². The first kappa shape index (κ1) is 12.8. The van der Waals surface area contributed by atoms with E-state index in [-0.39, 0.29) is 17.0 Å². The first-order chi connectivity index (χ1) is 7.95. The molecular weight excluding hydrogens is 233 g/mol. The normalized spacial score (nSPS) is 9.82. The highest BCUT2D eigenvalue weighted by Gasteiger charge is 2.16. The van der Waals surface area contributed by atoms with E-state index in [0.717, 1.165) is 12.1 Å². The van der Waals surface area contributed by atoms with Crippen LogP contribution in [0.4, 0.5) is 10.1 Å². The number of nitro groups is 1. The van der Waals surface area contributed by atoms with Gasteiger partial charge in [0.1, 0.15) is 0 Å². The molecule has 0 aromatic heterocycles. The second-order valence-corrected chi connectivity index (χ2v) is 3.18. The quantitative estimate of drug-likeness (QED) is 0.344. The summed E-state index contributed by atoms with van der Waals surface area (Å²) in [7, 11) is 0. The monoisotopic (exact) mass is 243 g/mol. The van der Waals surface area contributed by atoms with Crippen LogP contribution in [0.2, 0.25) is 0 Å². The number of hydrazine groups is 1. The van der Waals surface area contributed by atoms with Gasteiger partial charge in [0.25, 0.3) is 11.6 Å². The lowest BCUT2D eigenvalue weighted by atomic mass is 10.2. The van der Waals surface area contributed by atoms with E-state index in [1.165, 1.54) is 6.92 Å². The minimum Gasteiger partial charge on any atom is -0.481 e. The van der Waals surface area contributed by atoms with E-state index in [1.807, 2.05) is 0 Å². The van der Waals surface area contributed by atoms with Crippen molar-refractivity contribution in [3.63, 3.8) is 0 Å². The fourth-order valence-electron chi connectivity index (χ4n) is 1.14. The molecule has 0 aliphatic rings. The minimum absolute atomic E-state index is 0.236. The largest absolute Gasteiger partial charge is 0.481 e. The molecule has 0 saturated carbocycles. The highest BCUT2D eigenvalue weighted by molar-refractivity contribution is 5.76. The summed E-state index contributed by atoms with van der Waals surface area (Å²) in [6.45, 7) is 0.970. The van der Waals surface area contributed by atoms with E-state index < -0.39 is 23.3 Å². The van der Waals surface area contributed by atoms with E-state index in [2.05, 4.69) is 0 Å². The highest BCUT2D eigenvalue weighted by atomic mass is 19.1. The van der Waals surface area contributed by atoms with Gasteiger partial charge in [-0.3, -0.25) is 20.3 Å². The van der Waals surface area contributed by atoms with Crippen LogP contribution in [-0.2, 0) is 4.79 Å². The van der Waals surface area contributed by atoms with Crippen molar-refractivity contribution in [1.82, 2.24) is 5.43 Å². The third kappa shape index (κ3) is 3.11. The van der Waals surface area contributed by atoms with Crippen molar-refractivity contribution in [2.45, 2.75) is 6.92 Å². The van der Waals surface area contributed by atoms with E-state index >= 15 is 0 Å². The maximum atomic E-state index is 13.4. The van der Waals surface area contributed by atoms with Crippen molar-refractivity contribution in [2.24, 2.45) is 5.84 Å². The number of aryl methyl sites for hydroxylation is 1. The van der Waals surface area contributed by atoms with Gasteiger partial charge in [0.15, 0.2) is 18.2 Å². The Labute approximate surface area is 95.5 Å². The molecule has 0 unspecified atom stereocenters. The molecule has 0 heterocycles. The molecule has 0 spiro atoms. The summed E-state index contributed by atoms with van der Waals surface area (Å²) >= 11 is 0. The van der Waals surface area contributed by atoms with E-state index in [0.29, 0.717) is 0 Å². The molecule has 8 heteroatoms. The Kier molecular flexibility index (Phi) is 3.94. The molecule has 0 fully saturated rings. The van der Waals surface area contributed by atoms with Crippen LogP contribution in [0.25, 0.3) is 0 Å². The number of nitro benzene ring substituents is 1. The maximum absolute atomic E-state index is 13.4. The van der Waals surface area contributed by atoms with Crippen LogP contribution in [0.15, 0.2) is 12.1 Å². The van der Waals surface area contributed by atoms with Gasteiger partial charge in [-0.2, -0.15) is 0 Å². The summed E-state index contributed by atoms with van der Waals surface area (Å²) in [5, 5.41) is 10.5. The van der Waals surface area contributed by atoms with Gasteiger partial charge in [0.05, 0.1) is 11.0 Å². The molecule has 0 aliphatic carbocycles. The van der Waals surface area contributed by atoms with Crippen LogP contribution in [-0.4, -0.2) is 17.4 Å². The van der Waals surface area contributed by atoms with E-state index in [9.17, 15) is 19.3 Å². The number of carbonyl (C=O) groups excluding carboxylic acids is 1. The number of nitrogens with one attached hydrogen (secondary N) is 1. The Bertz CT molecular complexity index is 464. The topological polar surface area (TPSA) is 107 Å². The summed E-state index contributed by atoms with van der Waals surface area (Å²) in [5.74, 6) is 3.02. The Balaban J connectivity index is 2.92. The Morgan fingerprint density at radius 3 is 2.82 bits per heavy atom. The number of ether oxygens (including phenoxy) is 1. The average Bonchev–Trinajstić information content (AvgIpc) is 2.28. The van der Waals surface area contributed by atoms with Gasteiger partial charge in [-0.05, 0) is 13.0 Å². The molecule has 0 saturated heterocycles. The molecule has 7 nitrogen and oxygen atoms in total. The van der Waals surface area contributed by atoms with Gasteiger partial charge >= 0.3 is 0 Å². The molecule has 1 rings (SSSR count). The van der Waals surface area contributed by atoms with Crippen LogP contribution < -0.4 is 16.0 Å². The zero-order valence-corrected chi connectivity index (χ0v) is 8.90. The number of nitrogens with zero attached hydrogens (tertiary/aromatic N) is 1. The second-order valence-electron chi connectivity index (χ2n) is 3.18. The average molecular weight is 243 g/mol. The van der Waals surface area contributed by atoms with Crippen LogP contribution in [0, 0.1) is 22.9 Å². The Morgan fingerprint density at radius 1 is 1.65 bits per heavy atom. The van der Waals surface area contributed by atoms with E-state index in [4.69, 9.17) is 10.6 Å². The van der Waals surface area contributed by atoms with Crippen molar-refractivity contribution in [3.05, 3.63) is 33.6 Å². The zero-order chi connectivity index (χ0) is 13.0. The van der Waals surface area contributed by atoms with Crippen molar-refractivity contribution < 1.29 is 18.8 Å². The molecule has 92 valence electrons. The van der Waals surface area contributed by atoms with Crippen LogP contribution in [0.1, 0.15) is 5.56 Å². The fourth-order valence-corrected chi connectivity index (χ4v) is 1.14. The maximum Gasteiger partial charge on any atom is 0.275 e. The van der Waals surface area contributed by atoms with Crippen molar-refractivity contribution in [1.29, 1.82) is 0 Å². The van der Waals surface area contributed by atoms with Crippen molar-refractivity contribution in [2.75, 3.05) is 6.61 Å². The van der Waals surface area contributed by atoms with Crippen LogP contribution in [0.3, 0.4) is 0 Å². The van der Waals surface area contributed by atoms with Crippen molar-refractivity contribution in [3.8, 4) is 5.75 Å². The fraction of sp³-hybridized carbons (Fsp3) is 0.222. The standard InChI is InChI=1S/C9H10FN3O4/c1-5-2-8(17-4-9(14)12-11)6(10)3-7(5)13(15)16/h2-3H,4,11H2,1H3,(H,12,14). The van der Waals surface area contributed by atoms with Crippen LogP contribution >= 0.6 is 0 Å². The Hall–Kier alpha value is -2.22. The molecular formula is C9H10FN3O4. The summed E-state index contributed by atoms with van der Waals surface area (Å²) in [5.41, 5.74) is 1.69. The number of halogens is 1. The molecule has 0 atom stereocenters. The molecule has 17 heavy (non-hydrogen) atoms. The molecule has 0 radical (unpaired) electrons. The second kappa shape index (κ2) is 5.21. The number of amides is 1. The predicted octanol–water partition coefficient (Wildman–Crippen LogP) is 0.411. The number of rotatable bonds is 4. The summed E-state index contributed by atoms with van der Waals surface area (Å²) in [6.07, 6.45) is 0. The van der Waals surface area contributed by atoms with E-state index in [1.54, 1.807) is 5.43 Å². The minimum atomic E-state index is -0.910. The van der Waals surface area contributed by atoms with Gasteiger partial charge in [-0.15, -0.1) is 0 Å². The summed E-state index contributed by atoms with van der Waals surface area (Å²) in [4.78, 5) is 20.6. The lowest BCUT2D eigenvalue weighted by Crippen LogP contribution is -2.34. The molecule has 3 N–H and O–H groups in total. The SMILES string of the molecule is Cc1cc(OCC(=O)NN)c(F)cc1[N+](=O)[O-]. The third-order valence-electron chi connectivity index (χ3n) is 1.97. The number of nitrogens with two attached hydrogens (primary N) is 1. The number of benzene rings is 1. The zero-order valence-electron chi connectivity index (χ0n) is 8.90. The molecule has 1 amide bonds. The summed E-state index contributed by atoms with van der Waals surface area (Å²) < 4.78 is 18.2. The third-order valence-corrected chi connectivity index (χ3v) is 1.97. The lowest BCUT2D eigenvalue weighted by molar-refractivity contribution is -0.385. The smallest absolute Gasteiger partial charge is 0.275 e. The number of carbonyl (C=O) groups is 1. The molecule has 0 bridgehead atoms. The first-order valence-electron chi connectivity index (χ1n) is 4.52. The van der Waals surface area contributed by atoms with Crippen LogP contribution in [0.5, 0.6) is 5.75 Å². The van der Waals surface area contributed by atoms with Gasteiger partial charge in [0.2, 0.25) is 0 Å². The molecule has 0 aliphatic heterocycles.